The predicted molar refractivity (Wildman–Crippen MR) is 137 cm³/mol. The molecule has 2 aromatic carbocycles. The normalized spacial score (nSPS) is 17.9. The van der Waals surface area contributed by atoms with E-state index in [9.17, 15) is 13.6 Å². The van der Waals surface area contributed by atoms with Crippen LogP contribution in [0.2, 0.25) is 5.02 Å². The first kappa shape index (κ1) is 25.4. The first-order chi connectivity index (χ1) is 17.9. The van der Waals surface area contributed by atoms with Gasteiger partial charge in [0.15, 0.2) is 5.82 Å². The summed E-state index contributed by atoms with van der Waals surface area (Å²) in [7, 11) is 0. The second-order valence-corrected chi connectivity index (χ2v) is 9.81. The Morgan fingerprint density at radius 2 is 1.78 bits per heavy atom. The Hall–Kier alpha value is -3.30. The number of nitrogens with zero attached hydrogens (tertiary/aromatic N) is 4. The lowest BCUT2D eigenvalue weighted by Crippen LogP contribution is -2.42. The summed E-state index contributed by atoms with van der Waals surface area (Å²) in [5, 5.41) is -0.358. The minimum Gasteiger partial charge on any atom is -0.470 e. The molecule has 1 atom stereocenters. The fourth-order valence-corrected chi connectivity index (χ4v) is 5.18. The summed E-state index contributed by atoms with van der Waals surface area (Å²) < 4.78 is 33.3. The van der Waals surface area contributed by atoms with Gasteiger partial charge in [0.2, 0.25) is 0 Å². The van der Waals surface area contributed by atoms with Gasteiger partial charge >= 0.3 is 0 Å². The van der Waals surface area contributed by atoms with Crippen molar-refractivity contribution in [3.63, 3.8) is 0 Å². The van der Waals surface area contributed by atoms with Crippen molar-refractivity contribution in [3.05, 3.63) is 70.4 Å². The number of amides is 1. The molecule has 0 unspecified atom stereocenters. The molecule has 0 bridgehead atoms. The molecule has 0 aliphatic carbocycles. The number of anilines is 1. The van der Waals surface area contributed by atoms with E-state index in [2.05, 4.69) is 14.9 Å². The van der Waals surface area contributed by atoms with Crippen molar-refractivity contribution in [2.75, 3.05) is 31.9 Å². The van der Waals surface area contributed by atoms with Crippen LogP contribution in [0.5, 0.6) is 5.88 Å². The molecule has 1 amide bonds. The summed E-state index contributed by atoms with van der Waals surface area (Å²) in [5.74, 6) is -1.44. The van der Waals surface area contributed by atoms with Crippen molar-refractivity contribution in [1.29, 1.82) is 0 Å². The van der Waals surface area contributed by atoms with Crippen LogP contribution in [0.15, 0.2) is 42.6 Å². The van der Waals surface area contributed by atoms with Crippen molar-refractivity contribution >= 4 is 23.3 Å². The Balaban J connectivity index is 1.28. The zero-order chi connectivity index (χ0) is 25.9. The topological polar surface area (TPSA) is 84.6 Å². The highest BCUT2D eigenvalue weighted by atomic mass is 35.5. The number of likely N-dealkylation sites (tertiary alicyclic amines) is 2. The molecule has 7 nitrogen and oxygen atoms in total. The molecule has 0 saturated carbocycles. The number of aromatic nitrogens is 2. The van der Waals surface area contributed by atoms with E-state index in [0.29, 0.717) is 16.8 Å². The van der Waals surface area contributed by atoms with E-state index >= 15 is 0 Å². The SMILES string of the molecule is Nc1ncc(-c2ccc(C(=O)N3CCC[C@@H]3CN3CCCC3)cc2)nc1OCc1c(F)ccc(F)c1Cl. The van der Waals surface area contributed by atoms with Crippen LogP contribution in [0.25, 0.3) is 11.3 Å². The third kappa shape index (κ3) is 5.52. The van der Waals surface area contributed by atoms with Crippen LogP contribution >= 0.6 is 11.6 Å². The number of ether oxygens (including phenoxy) is 1. The maximum Gasteiger partial charge on any atom is 0.258 e. The molecule has 2 aliphatic heterocycles. The van der Waals surface area contributed by atoms with Gasteiger partial charge in [-0.2, -0.15) is 0 Å². The summed E-state index contributed by atoms with van der Waals surface area (Å²) in [4.78, 5) is 26.2. The number of carbonyl (C=O) groups excluding carboxylic acids is 1. The van der Waals surface area contributed by atoms with Crippen LogP contribution < -0.4 is 10.5 Å². The summed E-state index contributed by atoms with van der Waals surface area (Å²) in [6.45, 7) is 3.59. The average Bonchev–Trinajstić information content (AvgIpc) is 3.60. The molecule has 194 valence electrons. The number of carbonyl (C=O) groups is 1. The monoisotopic (exact) mass is 527 g/mol. The number of nitrogen functional groups attached to an aromatic ring is 1. The van der Waals surface area contributed by atoms with E-state index in [4.69, 9.17) is 22.1 Å². The van der Waals surface area contributed by atoms with Gasteiger partial charge in [0.25, 0.3) is 11.8 Å². The van der Waals surface area contributed by atoms with E-state index in [-0.39, 0.29) is 40.8 Å². The van der Waals surface area contributed by atoms with E-state index < -0.39 is 11.6 Å². The molecular formula is C27H28ClF2N5O2. The molecule has 0 spiro atoms. The lowest BCUT2D eigenvalue weighted by atomic mass is 10.1. The zero-order valence-electron chi connectivity index (χ0n) is 20.3. The van der Waals surface area contributed by atoms with Gasteiger partial charge in [0, 0.05) is 35.8 Å². The lowest BCUT2D eigenvalue weighted by molar-refractivity contribution is 0.0709. The highest BCUT2D eigenvalue weighted by Gasteiger charge is 2.31. The summed E-state index contributed by atoms with van der Waals surface area (Å²) >= 11 is 5.87. The van der Waals surface area contributed by atoms with Gasteiger partial charge < -0.3 is 20.3 Å². The van der Waals surface area contributed by atoms with Crippen molar-refractivity contribution in [2.45, 2.75) is 38.3 Å². The van der Waals surface area contributed by atoms with Crippen LogP contribution in [-0.2, 0) is 6.61 Å². The standard InChI is InChI=1S/C27H28ClF2N5O2/c28-24-20(21(29)9-10-22(24)30)16-37-26-25(31)32-14-23(33-26)17-5-7-18(8-6-17)27(36)35-13-3-4-19(35)15-34-11-1-2-12-34/h5-10,14,19H,1-4,11-13,15-16H2,(H2,31,32)/t19-/m1/s1. The summed E-state index contributed by atoms with van der Waals surface area (Å²) in [6.07, 6.45) is 6.02. The van der Waals surface area contributed by atoms with Gasteiger partial charge in [-0.05, 0) is 63.0 Å². The molecule has 2 fully saturated rings. The number of nitrogens with two attached hydrogens (primary N) is 1. The van der Waals surface area contributed by atoms with Gasteiger partial charge in [-0.15, -0.1) is 0 Å². The second kappa shape index (κ2) is 11.0. The fourth-order valence-electron chi connectivity index (χ4n) is 4.97. The molecule has 2 aliphatic rings. The lowest BCUT2D eigenvalue weighted by Gasteiger charge is -2.28. The van der Waals surface area contributed by atoms with Gasteiger partial charge in [0.1, 0.15) is 18.2 Å². The van der Waals surface area contributed by atoms with Crippen molar-refractivity contribution in [3.8, 4) is 17.1 Å². The van der Waals surface area contributed by atoms with E-state index in [1.54, 1.807) is 24.3 Å². The predicted octanol–water partition coefficient (Wildman–Crippen LogP) is 4.94. The van der Waals surface area contributed by atoms with Gasteiger partial charge in [-0.25, -0.2) is 18.7 Å². The molecule has 2 saturated heterocycles. The Labute approximate surface area is 219 Å². The number of benzene rings is 2. The Kier molecular flexibility index (Phi) is 7.53. The smallest absolute Gasteiger partial charge is 0.258 e. The number of halogens is 3. The minimum absolute atomic E-state index is 0.00144. The molecular weight excluding hydrogens is 500 g/mol. The molecule has 0 radical (unpaired) electrons. The van der Waals surface area contributed by atoms with Crippen LogP contribution in [0.1, 0.15) is 41.6 Å². The van der Waals surface area contributed by atoms with Crippen molar-refractivity contribution in [2.24, 2.45) is 0 Å². The maximum absolute atomic E-state index is 14.1. The molecule has 5 rings (SSSR count). The summed E-state index contributed by atoms with van der Waals surface area (Å²) in [5.41, 5.74) is 7.54. The van der Waals surface area contributed by atoms with Gasteiger partial charge in [-0.1, -0.05) is 23.7 Å². The zero-order valence-corrected chi connectivity index (χ0v) is 21.1. The number of hydrogen-bond donors (Lipinski definition) is 1. The first-order valence-corrected chi connectivity index (χ1v) is 12.8. The number of hydrogen-bond acceptors (Lipinski definition) is 6. The van der Waals surface area contributed by atoms with E-state index in [1.165, 1.54) is 19.0 Å². The fraction of sp³-hybridized carbons (Fsp3) is 0.370. The molecule has 3 heterocycles. The Morgan fingerprint density at radius 3 is 2.54 bits per heavy atom. The highest BCUT2D eigenvalue weighted by molar-refractivity contribution is 6.31. The van der Waals surface area contributed by atoms with Crippen LogP contribution in [-0.4, -0.2) is 57.9 Å². The molecule has 2 N–H and O–H groups in total. The Morgan fingerprint density at radius 1 is 1.05 bits per heavy atom. The van der Waals surface area contributed by atoms with Crippen LogP contribution in [0.4, 0.5) is 14.6 Å². The van der Waals surface area contributed by atoms with E-state index in [0.717, 1.165) is 51.2 Å². The average molecular weight is 528 g/mol. The number of rotatable bonds is 7. The third-order valence-corrected chi connectivity index (χ3v) is 7.40. The third-order valence-electron chi connectivity index (χ3n) is 6.99. The van der Waals surface area contributed by atoms with Crippen LogP contribution in [0, 0.1) is 11.6 Å². The van der Waals surface area contributed by atoms with Gasteiger partial charge in [-0.3, -0.25) is 4.79 Å². The molecule has 3 aromatic rings. The van der Waals surface area contributed by atoms with Crippen LogP contribution in [0.3, 0.4) is 0 Å². The molecule has 10 heteroatoms. The van der Waals surface area contributed by atoms with E-state index in [1.807, 2.05) is 4.90 Å². The van der Waals surface area contributed by atoms with Crippen molar-refractivity contribution in [1.82, 2.24) is 19.8 Å². The van der Waals surface area contributed by atoms with Gasteiger partial charge in [0.05, 0.1) is 16.9 Å². The quantitative estimate of drug-likeness (QED) is 0.438. The highest BCUT2D eigenvalue weighted by Crippen LogP contribution is 2.28. The molecule has 1 aromatic heterocycles. The minimum atomic E-state index is -0.750. The maximum atomic E-state index is 14.1. The largest absolute Gasteiger partial charge is 0.470 e. The second-order valence-electron chi connectivity index (χ2n) is 9.44. The molecule has 37 heavy (non-hydrogen) atoms. The van der Waals surface area contributed by atoms with Crippen molar-refractivity contribution < 1.29 is 18.3 Å². The first-order valence-electron chi connectivity index (χ1n) is 12.4. The summed E-state index contributed by atoms with van der Waals surface area (Å²) in [6, 6.07) is 9.33. The Bertz CT molecular complexity index is 1280.